The molecule has 1 aliphatic carbocycles. The fourth-order valence-electron chi connectivity index (χ4n) is 3.27. The molecule has 2 heteroatoms. The molecule has 3 rings (SSSR count). The lowest BCUT2D eigenvalue weighted by Gasteiger charge is -2.34. The minimum Gasteiger partial charge on any atom is -0.301 e. The molecule has 0 amide bonds. The summed E-state index contributed by atoms with van der Waals surface area (Å²) in [5, 5.41) is 3.87. The molecule has 1 heterocycles. The highest BCUT2D eigenvalue weighted by atomic mass is 15.0. The molecule has 1 aromatic heterocycles. The molecule has 1 aliphatic rings. The van der Waals surface area contributed by atoms with Crippen LogP contribution in [0.15, 0.2) is 48.7 Å². The van der Waals surface area contributed by atoms with Gasteiger partial charge in [-0.15, -0.1) is 0 Å². The average molecular weight is 280 g/mol. The predicted molar refractivity (Wildman–Crippen MR) is 87.1 cm³/mol. The Morgan fingerprint density at radius 2 is 1.86 bits per heavy atom. The van der Waals surface area contributed by atoms with Crippen molar-refractivity contribution in [3.8, 4) is 0 Å². The van der Waals surface area contributed by atoms with Gasteiger partial charge in [0.15, 0.2) is 0 Å². The number of fused-ring (bicyclic) bond motifs is 1. The zero-order chi connectivity index (χ0) is 14.9. The molecule has 2 unspecified atom stereocenters. The van der Waals surface area contributed by atoms with Gasteiger partial charge in [0.05, 0.1) is 11.7 Å². The number of hydrogen-bond acceptors (Lipinski definition) is 2. The van der Waals surface area contributed by atoms with Gasteiger partial charge in [0.1, 0.15) is 0 Å². The summed E-state index contributed by atoms with van der Waals surface area (Å²) >= 11 is 0. The summed E-state index contributed by atoms with van der Waals surface area (Å²) in [7, 11) is 0. The molecule has 0 spiro atoms. The van der Waals surface area contributed by atoms with Crippen molar-refractivity contribution in [2.24, 2.45) is 5.41 Å². The van der Waals surface area contributed by atoms with Crippen molar-refractivity contribution in [2.45, 2.75) is 45.7 Å². The Morgan fingerprint density at radius 1 is 1.10 bits per heavy atom. The van der Waals surface area contributed by atoms with Gasteiger partial charge in [0, 0.05) is 12.2 Å². The van der Waals surface area contributed by atoms with E-state index in [0.717, 1.165) is 12.8 Å². The van der Waals surface area contributed by atoms with Gasteiger partial charge in [-0.1, -0.05) is 57.2 Å². The minimum absolute atomic E-state index is 0.166. The molecule has 2 nitrogen and oxygen atoms in total. The maximum absolute atomic E-state index is 4.61. The molecule has 0 fully saturated rings. The summed E-state index contributed by atoms with van der Waals surface area (Å²) in [6.45, 7) is 6.89. The fourth-order valence-corrected chi connectivity index (χ4v) is 3.27. The van der Waals surface area contributed by atoms with Gasteiger partial charge in [-0.05, 0) is 35.4 Å². The number of hydrogen-bond donors (Lipinski definition) is 1. The van der Waals surface area contributed by atoms with Gasteiger partial charge >= 0.3 is 0 Å². The van der Waals surface area contributed by atoms with Gasteiger partial charge in [0.25, 0.3) is 0 Å². The molecule has 1 N–H and O–H groups in total. The molecule has 0 radical (unpaired) electrons. The molecule has 2 atom stereocenters. The number of pyridine rings is 1. The predicted octanol–water partition coefficient (Wildman–Crippen LogP) is 4.45. The van der Waals surface area contributed by atoms with E-state index in [2.05, 4.69) is 67.5 Å². The van der Waals surface area contributed by atoms with Crippen molar-refractivity contribution in [2.75, 3.05) is 0 Å². The molecule has 2 aromatic rings. The molecule has 21 heavy (non-hydrogen) atoms. The normalized spacial score (nSPS) is 19.3. The number of rotatable bonds is 3. The second-order valence-electron chi connectivity index (χ2n) is 7.02. The summed E-state index contributed by atoms with van der Waals surface area (Å²) in [5.41, 5.74) is 4.16. The topological polar surface area (TPSA) is 24.9 Å². The van der Waals surface area contributed by atoms with Crippen LogP contribution in [0.25, 0.3) is 0 Å². The van der Waals surface area contributed by atoms with E-state index in [1.165, 1.54) is 16.8 Å². The van der Waals surface area contributed by atoms with Crippen molar-refractivity contribution in [1.29, 1.82) is 0 Å². The molecule has 0 bridgehead atoms. The summed E-state index contributed by atoms with van der Waals surface area (Å²) in [6, 6.07) is 15.7. The van der Waals surface area contributed by atoms with Crippen molar-refractivity contribution in [1.82, 2.24) is 10.3 Å². The SMILES string of the molecule is CC(C)(C)C(NC1CCc2cccnc21)c1ccccc1. The van der Waals surface area contributed by atoms with E-state index in [9.17, 15) is 0 Å². The number of benzene rings is 1. The number of nitrogens with zero attached hydrogens (tertiary/aromatic N) is 1. The van der Waals surface area contributed by atoms with E-state index in [4.69, 9.17) is 0 Å². The van der Waals surface area contributed by atoms with Crippen LogP contribution in [0.2, 0.25) is 0 Å². The van der Waals surface area contributed by atoms with E-state index >= 15 is 0 Å². The third kappa shape index (κ3) is 3.01. The summed E-state index contributed by atoms with van der Waals surface area (Å²) in [4.78, 5) is 4.61. The first-order valence-corrected chi connectivity index (χ1v) is 7.80. The standard InChI is InChI=1S/C19H24N2/c1-19(2,3)18(15-8-5-4-6-9-15)21-16-12-11-14-10-7-13-20-17(14)16/h4-10,13,16,18,21H,11-12H2,1-3H3. The van der Waals surface area contributed by atoms with Gasteiger partial charge in [-0.3, -0.25) is 4.98 Å². The fraction of sp³-hybridized carbons (Fsp3) is 0.421. The number of aromatic nitrogens is 1. The Labute approximate surface area is 127 Å². The van der Waals surface area contributed by atoms with Gasteiger partial charge < -0.3 is 5.32 Å². The molecule has 0 aliphatic heterocycles. The first-order valence-electron chi connectivity index (χ1n) is 7.80. The Balaban J connectivity index is 1.87. The number of aryl methyl sites for hydroxylation is 1. The van der Waals surface area contributed by atoms with Gasteiger partial charge in [-0.25, -0.2) is 0 Å². The zero-order valence-corrected chi connectivity index (χ0v) is 13.1. The van der Waals surface area contributed by atoms with E-state index in [0.29, 0.717) is 12.1 Å². The Bertz CT molecular complexity index is 598. The van der Waals surface area contributed by atoms with Crippen LogP contribution < -0.4 is 5.32 Å². The summed E-state index contributed by atoms with van der Waals surface area (Å²) < 4.78 is 0. The molecule has 0 saturated carbocycles. The van der Waals surface area contributed by atoms with Crippen LogP contribution in [0.3, 0.4) is 0 Å². The Hall–Kier alpha value is -1.67. The zero-order valence-electron chi connectivity index (χ0n) is 13.1. The van der Waals surface area contributed by atoms with Crippen LogP contribution in [0.5, 0.6) is 0 Å². The monoisotopic (exact) mass is 280 g/mol. The highest BCUT2D eigenvalue weighted by Gasteiger charge is 2.32. The Kier molecular flexibility index (Phi) is 3.81. The molecule has 1 aromatic carbocycles. The molecular weight excluding hydrogens is 256 g/mol. The van der Waals surface area contributed by atoms with E-state index in [1.807, 2.05) is 12.3 Å². The average Bonchev–Trinajstić information content (AvgIpc) is 2.88. The lowest BCUT2D eigenvalue weighted by molar-refractivity contribution is 0.247. The van der Waals surface area contributed by atoms with Crippen LogP contribution in [-0.4, -0.2) is 4.98 Å². The second kappa shape index (κ2) is 5.61. The maximum atomic E-state index is 4.61. The van der Waals surface area contributed by atoms with Crippen LogP contribution in [0.4, 0.5) is 0 Å². The lowest BCUT2D eigenvalue weighted by Crippen LogP contribution is -2.34. The lowest BCUT2D eigenvalue weighted by atomic mass is 9.82. The van der Waals surface area contributed by atoms with E-state index in [-0.39, 0.29) is 5.41 Å². The summed E-state index contributed by atoms with van der Waals surface area (Å²) in [6.07, 6.45) is 4.19. The molecule has 110 valence electrons. The van der Waals surface area contributed by atoms with E-state index in [1.54, 1.807) is 0 Å². The maximum Gasteiger partial charge on any atom is 0.0605 e. The van der Waals surface area contributed by atoms with Crippen LogP contribution in [0, 0.1) is 5.41 Å². The molecular formula is C19H24N2. The smallest absolute Gasteiger partial charge is 0.0605 e. The van der Waals surface area contributed by atoms with Crippen LogP contribution in [0.1, 0.15) is 56.1 Å². The second-order valence-corrected chi connectivity index (χ2v) is 7.02. The summed E-state index contributed by atoms with van der Waals surface area (Å²) in [5.74, 6) is 0. The van der Waals surface area contributed by atoms with Gasteiger partial charge in [-0.2, -0.15) is 0 Å². The van der Waals surface area contributed by atoms with Crippen molar-refractivity contribution >= 4 is 0 Å². The minimum atomic E-state index is 0.166. The first kappa shape index (κ1) is 14.3. The quantitative estimate of drug-likeness (QED) is 0.898. The van der Waals surface area contributed by atoms with Crippen molar-refractivity contribution < 1.29 is 0 Å². The van der Waals surface area contributed by atoms with Crippen LogP contribution in [-0.2, 0) is 6.42 Å². The first-order chi connectivity index (χ1) is 10.1. The largest absolute Gasteiger partial charge is 0.301 e. The van der Waals surface area contributed by atoms with E-state index < -0.39 is 0 Å². The van der Waals surface area contributed by atoms with Crippen molar-refractivity contribution in [3.63, 3.8) is 0 Å². The van der Waals surface area contributed by atoms with Gasteiger partial charge in [0.2, 0.25) is 0 Å². The Morgan fingerprint density at radius 3 is 2.57 bits per heavy atom. The third-order valence-electron chi connectivity index (χ3n) is 4.33. The number of nitrogens with one attached hydrogen (secondary N) is 1. The van der Waals surface area contributed by atoms with Crippen molar-refractivity contribution in [3.05, 3.63) is 65.5 Å². The highest BCUT2D eigenvalue weighted by molar-refractivity contribution is 5.29. The third-order valence-corrected chi connectivity index (χ3v) is 4.33. The molecule has 0 saturated heterocycles. The van der Waals surface area contributed by atoms with Crippen LogP contribution >= 0.6 is 0 Å². The highest BCUT2D eigenvalue weighted by Crippen LogP contribution is 2.38.